The number of nitrogens with one attached hydrogen (secondary N) is 1. The van der Waals surface area contributed by atoms with Crippen molar-refractivity contribution in [2.24, 2.45) is 5.18 Å². The Bertz CT molecular complexity index is 1140. The maximum atomic E-state index is 13.6. The molecule has 31 heavy (non-hydrogen) atoms. The summed E-state index contributed by atoms with van der Waals surface area (Å²) in [7, 11) is 0. The second-order valence-electron chi connectivity index (χ2n) is 8.09. The number of aryl methyl sites for hydroxylation is 1. The summed E-state index contributed by atoms with van der Waals surface area (Å²) in [5.74, 6) is -0.441. The number of halogens is 1. The van der Waals surface area contributed by atoms with E-state index in [2.05, 4.69) is 20.4 Å². The summed E-state index contributed by atoms with van der Waals surface area (Å²) in [6.07, 6.45) is 3.18. The maximum absolute atomic E-state index is 13.6. The Labute approximate surface area is 179 Å². The van der Waals surface area contributed by atoms with Crippen LogP contribution in [0.3, 0.4) is 0 Å². The van der Waals surface area contributed by atoms with E-state index < -0.39 is 5.82 Å². The molecule has 0 bridgehead atoms. The lowest BCUT2D eigenvalue weighted by Crippen LogP contribution is -2.43. The fourth-order valence-electron chi connectivity index (χ4n) is 4.10. The fraction of sp³-hybridized carbons (Fsp3) is 0.391. The first kappa shape index (κ1) is 21.3. The second-order valence-corrected chi connectivity index (χ2v) is 8.09. The van der Waals surface area contributed by atoms with Gasteiger partial charge in [-0.2, -0.15) is 0 Å². The molecule has 2 aromatic heterocycles. The topological polar surface area (TPSA) is 79.6 Å². The van der Waals surface area contributed by atoms with Gasteiger partial charge in [0.05, 0.1) is 17.2 Å². The molecule has 1 N–H and O–H groups in total. The molecule has 8 heteroatoms. The molecule has 1 fully saturated rings. The summed E-state index contributed by atoms with van der Waals surface area (Å²) in [6, 6.07) is 10.7. The van der Waals surface area contributed by atoms with Gasteiger partial charge in [0.1, 0.15) is 11.5 Å². The minimum absolute atomic E-state index is 0.140. The van der Waals surface area contributed by atoms with Gasteiger partial charge >= 0.3 is 0 Å². The van der Waals surface area contributed by atoms with Gasteiger partial charge < -0.3 is 14.8 Å². The quantitative estimate of drug-likeness (QED) is 0.589. The number of hydrogen-bond acceptors (Lipinski definition) is 6. The van der Waals surface area contributed by atoms with Crippen LogP contribution in [0, 0.1) is 17.6 Å². The summed E-state index contributed by atoms with van der Waals surface area (Å²) in [6.45, 7) is 5.68. The first-order chi connectivity index (χ1) is 15.0. The number of benzene rings is 1. The second kappa shape index (κ2) is 9.45. The van der Waals surface area contributed by atoms with E-state index in [1.54, 1.807) is 10.6 Å². The van der Waals surface area contributed by atoms with Crippen LogP contribution in [0.5, 0.6) is 0 Å². The van der Waals surface area contributed by atoms with Crippen molar-refractivity contribution in [1.82, 2.24) is 19.8 Å². The molecule has 0 saturated carbocycles. The van der Waals surface area contributed by atoms with Crippen LogP contribution in [0.25, 0.3) is 11.0 Å². The van der Waals surface area contributed by atoms with Gasteiger partial charge in [0.2, 0.25) is 0 Å². The monoisotopic (exact) mass is 423 g/mol. The van der Waals surface area contributed by atoms with Crippen molar-refractivity contribution in [2.75, 3.05) is 19.6 Å². The number of nitrogens with zero attached hydrogens (tertiary/aromatic N) is 4. The highest BCUT2D eigenvalue weighted by atomic mass is 19.1. The number of aromatic nitrogens is 2. The van der Waals surface area contributed by atoms with Gasteiger partial charge in [0.25, 0.3) is 5.56 Å². The van der Waals surface area contributed by atoms with Crippen LogP contribution in [0.15, 0.2) is 52.6 Å². The third kappa shape index (κ3) is 5.03. The predicted molar refractivity (Wildman–Crippen MR) is 119 cm³/mol. The van der Waals surface area contributed by atoms with Gasteiger partial charge in [-0.25, -0.2) is 4.39 Å². The van der Waals surface area contributed by atoms with Gasteiger partial charge in [0.15, 0.2) is 0 Å². The van der Waals surface area contributed by atoms with Crippen LogP contribution in [0.2, 0.25) is 0 Å². The third-order valence-electron chi connectivity index (χ3n) is 6.00. The van der Waals surface area contributed by atoms with E-state index in [-0.39, 0.29) is 5.56 Å². The molecular weight excluding hydrogens is 397 g/mol. The van der Waals surface area contributed by atoms with Gasteiger partial charge in [0, 0.05) is 37.8 Å². The maximum Gasteiger partial charge on any atom is 0.251 e. The average Bonchev–Trinajstić information content (AvgIpc) is 2.78. The Morgan fingerprint density at radius 1 is 1.16 bits per heavy atom. The van der Waals surface area contributed by atoms with E-state index in [4.69, 9.17) is 0 Å². The zero-order chi connectivity index (χ0) is 21.8. The summed E-state index contributed by atoms with van der Waals surface area (Å²) in [5.41, 5.74) is 3.44. The van der Waals surface area contributed by atoms with Gasteiger partial charge in [-0.15, -0.1) is 4.91 Å². The molecule has 1 aliphatic rings. The lowest BCUT2D eigenvalue weighted by Gasteiger charge is -2.32. The minimum atomic E-state index is -0.441. The highest BCUT2D eigenvalue weighted by Gasteiger charge is 2.19. The minimum Gasteiger partial charge on any atom is -0.310 e. The Kier molecular flexibility index (Phi) is 6.48. The van der Waals surface area contributed by atoms with Crippen molar-refractivity contribution in [3.8, 4) is 0 Å². The zero-order valence-corrected chi connectivity index (χ0v) is 17.6. The molecule has 0 radical (unpaired) electrons. The Balaban J connectivity index is 1.30. The summed E-state index contributed by atoms with van der Waals surface area (Å²) in [4.78, 5) is 29.6. The lowest BCUT2D eigenvalue weighted by molar-refractivity contribution is 0.191. The number of piperidine rings is 1. The van der Waals surface area contributed by atoms with Crippen LogP contribution >= 0.6 is 0 Å². The van der Waals surface area contributed by atoms with Crippen molar-refractivity contribution >= 4 is 16.7 Å². The number of pyridine rings is 2. The number of likely N-dealkylation sites (tertiary alicyclic amines) is 1. The van der Waals surface area contributed by atoms with Crippen molar-refractivity contribution in [3.05, 3.63) is 74.8 Å². The molecule has 1 saturated heterocycles. The van der Waals surface area contributed by atoms with Gasteiger partial charge in [-0.05, 0) is 61.3 Å². The Hall–Kier alpha value is -2.97. The molecule has 3 heterocycles. The van der Waals surface area contributed by atoms with Crippen LogP contribution in [0.4, 0.5) is 10.1 Å². The molecule has 0 amide bonds. The lowest BCUT2D eigenvalue weighted by atomic mass is 10.0. The smallest absolute Gasteiger partial charge is 0.251 e. The summed E-state index contributed by atoms with van der Waals surface area (Å²) in [5, 5.41) is 6.64. The van der Waals surface area contributed by atoms with Crippen LogP contribution in [-0.2, 0) is 13.1 Å². The van der Waals surface area contributed by atoms with E-state index in [0.717, 1.165) is 43.6 Å². The van der Waals surface area contributed by atoms with E-state index in [9.17, 15) is 14.1 Å². The third-order valence-corrected chi connectivity index (χ3v) is 6.00. The van der Waals surface area contributed by atoms with Crippen LogP contribution in [0.1, 0.15) is 24.0 Å². The Morgan fingerprint density at radius 3 is 2.74 bits per heavy atom. The molecule has 0 aliphatic carbocycles. The highest BCUT2D eigenvalue weighted by Crippen LogP contribution is 2.20. The summed E-state index contributed by atoms with van der Waals surface area (Å²) < 4.78 is 15.2. The predicted octanol–water partition coefficient (Wildman–Crippen LogP) is 3.50. The van der Waals surface area contributed by atoms with Gasteiger partial charge in [-0.1, -0.05) is 12.1 Å². The van der Waals surface area contributed by atoms with Crippen LogP contribution < -0.4 is 10.9 Å². The molecule has 7 nitrogen and oxygen atoms in total. The number of nitroso groups, excluding NO2 is 1. The molecule has 1 aliphatic heterocycles. The van der Waals surface area contributed by atoms with Crippen molar-refractivity contribution < 1.29 is 4.39 Å². The van der Waals surface area contributed by atoms with E-state index in [1.807, 2.05) is 25.1 Å². The molecule has 3 aromatic rings. The molecule has 0 spiro atoms. The Morgan fingerprint density at radius 2 is 1.97 bits per heavy atom. The number of hydrogen-bond donors (Lipinski definition) is 1. The fourth-order valence-corrected chi connectivity index (χ4v) is 4.10. The van der Waals surface area contributed by atoms with E-state index >= 15 is 0 Å². The molecular formula is C23H26FN5O2. The molecule has 0 unspecified atom stereocenters. The van der Waals surface area contributed by atoms with Crippen molar-refractivity contribution in [2.45, 2.75) is 38.9 Å². The highest BCUT2D eigenvalue weighted by molar-refractivity contribution is 5.74. The van der Waals surface area contributed by atoms with E-state index in [0.29, 0.717) is 35.9 Å². The number of rotatable bonds is 7. The summed E-state index contributed by atoms with van der Waals surface area (Å²) >= 11 is 0. The van der Waals surface area contributed by atoms with Crippen molar-refractivity contribution in [1.29, 1.82) is 0 Å². The SMILES string of the molecule is Cc1ccc(CNC2CCN(CCn3c(=O)ccc4ncc(F)cc43)CC2)cc1N=O. The molecule has 162 valence electrons. The van der Waals surface area contributed by atoms with Crippen molar-refractivity contribution in [3.63, 3.8) is 0 Å². The first-order valence-electron chi connectivity index (χ1n) is 10.6. The zero-order valence-electron chi connectivity index (χ0n) is 17.6. The first-order valence-corrected chi connectivity index (χ1v) is 10.6. The van der Waals surface area contributed by atoms with E-state index in [1.165, 1.54) is 18.3 Å². The molecule has 1 aromatic carbocycles. The average molecular weight is 423 g/mol. The standard InChI is InChI=1S/C23H26FN5O2/c1-16-2-3-17(12-21(16)27-31)14-25-19-6-8-28(9-7-19)10-11-29-22-13-18(24)15-26-20(22)4-5-23(29)30/h2-5,12-13,15,19,25H,6-11,14H2,1H3. The van der Waals surface area contributed by atoms with Gasteiger partial charge in [-0.3, -0.25) is 9.78 Å². The normalized spacial score (nSPS) is 15.4. The number of fused-ring (bicyclic) bond motifs is 1. The van der Waals surface area contributed by atoms with Crippen LogP contribution in [-0.4, -0.2) is 40.1 Å². The largest absolute Gasteiger partial charge is 0.310 e. The molecule has 4 rings (SSSR count). The molecule has 0 atom stereocenters.